The van der Waals surface area contributed by atoms with Gasteiger partial charge in [0, 0.05) is 19.3 Å². The maximum absolute atomic E-state index is 4.42. The Hall–Kier alpha value is -0.830. The van der Waals surface area contributed by atoms with Crippen molar-refractivity contribution >= 4 is 0 Å². The molecule has 0 aromatic carbocycles. The van der Waals surface area contributed by atoms with Crippen LogP contribution in [-0.2, 0) is 7.05 Å². The summed E-state index contributed by atoms with van der Waals surface area (Å²) in [7, 11) is 1.97. The van der Waals surface area contributed by atoms with E-state index in [2.05, 4.69) is 23.4 Å². The van der Waals surface area contributed by atoms with Crippen molar-refractivity contribution in [3.05, 3.63) is 18.0 Å². The Morgan fingerprint density at radius 2 is 2.38 bits per heavy atom. The van der Waals surface area contributed by atoms with Gasteiger partial charge in [-0.25, -0.2) is 0 Å². The van der Waals surface area contributed by atoms with Crippen LogP contribution in [0, 0.1) is 0 Å². The van der Waals surface area contributed by atoms with Crippen LogP contribution in [0.15, 0.2) is 12.3 Å². The van der Waals surface area contributed by atoms with Crippen LogP contribution in [0.3, 0.4) is 0 Å². The molecule has 0 saturated carbocycles. The number of nitrogens with one attached hydrogen (secondary N) is 1. The predicted molar refractivity (Wildman–Crippen MR) is 52.4 cm³/mol. The van der Waals surface area contributed by atoms with Gasteiger partial charge in [0.1, 0.15) is 0 Å². The van der Waals surface area contributed by atoms with E-state index in [4.69, 9.17) is 0 Å². The summed E-state index contributed by atoms with van der Waals surface area (Å²) in [4.78, 5) is 0. The summed E-state index contributed by atoms with van der Waals surface area (Å²) < 4.78 is 1.87. The van der Waals surface area contributed by atoms with E-state index in [1.54, 1.807) is 0 Å². The Morgan fingerprint density at radius 3 is 3.00 bits per heavy atom. The highest BCUT2D eigenvalue weighted by Crippen LogP contribution is 2.23. The number of piperidine rings is 1. The fourth-order valence-corrected chi connectivity index (χ4v) is 1.99. The van der Waals surface area contributed by atoms with Crippen molar-refractivity contribution in [1.29, 1.82) is 0 Å². The second-order valence-electron chi connectivity index (χ2n) is 3.97. The Kier molecular flexibility index (Phi) is 2.36. The zero-order chi connectivity index (χ0) is 9.26. The average molecular weight is 179 g/mol. The monoisotopic (exact) mass is 179 g/mol. The first-order valence-electron chi connectivity index (χ1n) is 5.01. The molecule has 1 aliphatic heterocycles. The van der Waals surface area contributed by atoms with Gasteiger partial charge in [0.05, 0.1) is 11.7 Å². The van der Waals surface area contributed by atoms with Crippen LogP contribution in [0.25, 0.3) is 0 Å². The molecule has 2 heterocycles. The van der Waals surface area contributed by atoms with Crippen LogP contribution in [0.5, 0.6) is 0 Å². The van der Waals surface area contributed by atoms with Gasteiger partial charge in [-0.1, -0.05) is 0 Å². The lowest BCUT2D eigenvalue weighted by atomic mass is 9.98. The SMILES string of the molecule is CC1CCCC(c2ccn(C)n2)N1. The first-order chi connectivity index (χ1) is 6.25. The molecule has 0 spiro atoms. The third-order valence-corrected chi connectivity index (χ3v) is 2.71. The summed E-state index contributed by atoms with van der Waals surface area (Å²) in [6.45, 7) is 2.25. The number of nitrogens with zero attached hydrogens (tertiary/aromatic N) is 2. The predicted octanol–water partition coefficient (Wildman–Crippen LogP) is 1.62. The largest absolute Gasteiger partial charge is 0.306 e. The highest BCUT2D eigenvalue weighted by molar-refractivity contribution is 5.06. The second-order valence-corrected chi connectivity index (χ2v) is 3.97. The van der Waals surface area contributed by atoms with E-state index in [1.165, 1.54) is 25.0 Å². The molecule has 0 amide bonds. The van der Waals surface area contributed by atoms with Crippen LogP contribution in [0.1, 0.15) is 37.9 Å². The number of hydrogen-bond acceptors (Lipinski definition) is 2. The van der Waals surface area contributed by atoms with Crippen molar-refractivity contribution in [2.45, 2.75) is 38.3 Å². The van der Waals surface area contributed by atoms with Crippen LogP contribution >= 0.6 is 0 Å². The van der Waals surface area contributed by atoms with Gasteiger partial charge in [-0.2, -0.15) is 5.10 Å². The molecule has 1 N–H and O–H groups in total. The molecular formula is C10H17N3. The highest BCUT2D eigenvalue weighted by atomic mass is 15.3. The van der Waals surface area contributed by atoms with Gasteiger partial charge in [-0.3, -0.25) is 4.68 Å². The van der Waals surface area contributed by atoms with Gasteiger partial charge in [0.25, 0.3) is 0 Å². The summed E-state index contributed by atoms with van der Waals surface area (Å²) in [6, 6.07) is 3.22. The molecule has 2 unspecified atom stereocenters. The average Bonchev–Trinajstić information content (AvgIpc) is 2.52. The number of aryl methyl sites for hydroxylation is 1. The Labute approximate surface area is 79.1 Å². The van der Waals surface area contributed by atoms with E-state index in [1.807, 2.05) is 17.9 Å². The second kappa shape index (κ2) is 3.50. The van der Waals surface area contributed by atoms with E-state index < -0.39 is 0 Å². The molecule has 1 aromatic rings. The lowest BCUT2D eigenvalue weighted by Gasteiger charge is -2.27. The third-order valence-electron chi connectivity index (χ3n) is 2.71. The third kappa shape index (κ3) is 1.91. The minimum absolute atomic E-state index is 0.477. The van der Waals surface area contributed by atoms with Gasteiger partial charge >= 0.3 is 0 Å². The molecular weight excluding hydrogens is 162 g/mol. The van der Waals surface area contributed by atoms with Crippen LogP contribution in [0.2, 0.25) is 0 Å². The lowest BCUT2D eigenvalue weighted by Crippen LogP contribution is -2.34. The molecule has 3 heteroatoms. The normalized spacial score (nSPS) is 29.1. The quantitative estimate of drug-likeness (QED) is 0.710. The zero-order valence-corrected chi connectivity index (χ0v) is 8.33. The number of hydrogen-bond donors (Lipinski definition) is 1. The highest BCUT2D eigenvalue weighted by Gasteiger charge is 2.20. The smallest absolute Gasteiger partial charge is 0.0793 e. The minimum Gasteiger partial charge on any atom is -0.306 e. The van der Waals surface area contributed by atoms with E-state index in [-0.39, 0.29) is 0 Å². The van der Waals surface area contributed by atoms with Crippen LogP contribution in [-0.4, -0.2) is 15.8 Å². The first-order valence-corrected chi connectivity index (χ1v) is 5.01. The standard InChI is InChI=1S/C10H17N3/c1-8-4-3-5-9(11-8)10-6-7-13(2)12-10/h6-9,11H,3-5H2,1-2H3. The van der Waals surface area contributed by atoms with Gasteiger partial charge in [0.15, 0.2) is 0 Å². The molecule has 0 aliphatic carbocycles. The maximum Gasteiger partial charge on any atom is 0.0793 e. The molecule has 72 valence electrons. The van der Waals surface area contributed by atoms with Gasteiger partial charge < -0.3 is 5.32 Å². The number of rotatable bonds is 1. The van der Waals surface area contributed by atoms with Crippen LogP contribution in [0.4, 0.5) is 0 Å². The summed E-state index contributed by atoms with van der Waals surface area (Å²) in [5, 5.41) is 7.99. The fourth-order valence-electron chi connectivity index (χ4n) is 1.99. The number of aromatic nitrogens is 2. The van der Waals surface area contributed by atoms with E-state index in [0.29, 0.717) is 12.1 Å². The minimum atomic E-state index is 0.477. The molecule has 1 aromatic heterocycles. The van der Waals surface area contributed by atoms with E-state index in [9.17, 15) is 0 Å². The molecule has 2 atom stereocenters. The van der Waals surface area contributed by atoms with Crippen molar-refractivity contribution in [2.24, 2.45) is 7.05 Å². The van der Waals surface area contributed by atoms with Crippen molar-refractivity contribution < 1.29 is 0 Å². The van der Waals surface area contributed by atoms with Gasteiger partial charge in [-0.15, -0.1) is 0 Å². The first kappa shape index (κ1) is 8.75. The zero-order valence-electron chi connectivity index (χ0n) is 8.33. The van der Waals surface area contributed by atoms with E-state index in [0.717, 1.165) is 0 Å². The molecule has 1 aliphatic rings. The Balaban J connectivity index is 2.08. The summed E-state index contributed by atoms with van der Waals surface area (Å²) in [5.41, 5.74) is 1.19. The maximum atomic E-state index is 4.42. The Bertz CT molecular complexity index is 279. The molecule has 2 rings (SSSR count). The molecule has 13 heavy (non-hydrogen) atoms. The molecule has 1 fully saturated rings. The summed E-state index contributed by atoms with van der Waals surface area (Å²) in [6.07, 6.45) is 5.84. The lowest BCUT2D eigenvalue weighted by molar-refractivity contribution is 0.335. The van der Waals surface area contributed by atoms with Gasteiger partial charge in [-0.05, 0) is 32.3 Å². The van der Waals surface area contributed by atoms with Crippen LogP contribution < -0.4 is 5.32 Å². The van der Waals surface area contributed by atoms with Crippen molar-refractivity contribution in [1.82, 2.24) is 15.1 Å². The summed E-state index contributed by atoms with van der Waals surface area (Å²) >= 11 is 0. The molecule has 1 saturated heterocycles. The Morgan fingerprint density at radius 1 is 1.54 bits per heavy atom. The topological polar surface area (TPSA) is 29.9 Å². The van der Waals surface area contributed by atoms with E-state index >= 15 is 0 Å². The van der Waals surface area contributed by atoms with Crippen molar-refractivity contribution in [2.75, 3.05) is 0 Å². The summed E-state index contributed by atoms with van der Waals surface area (Å²) in [5.74, 6) is 0. The van der Waals surface area contributed by atoms with Crippen molar-refractivity contribution in [3.8, 4) is 0 Å². The molecule has 0 radical (unpaired) electrons. The van der Waals surface area contributed by atoms with Gasteiger partial charge in [0.2, 0.25) is 0 Å². The molecule has 0 bridgehead atoms. The fraction of sp³-hybridized carbons (Fsp3) is 0.700. The molecule has 3 nitrogen and oxygen atoms in total. The van der Waals surface area contributed by atoms with Crippen molar-refractivity contribution in [3.63, 3.8) is 0 Å².